The summed E-state index contributed by atoms with van der Waals surface area (Å²) in [6.07, 6.45) is 0. The Morgan fingerprint density at radius 2 is 1.95 bits per heavy atom. The molecule has 0 bridgehead atoms. The summed E-state index contributed by atoms with van der Waals surface area (Å²) in [4.78, 5) is 1.14. The van der Waals surface area contributed by atoms with Crippen LogP contribution in [0.5, 0.6) is 11.5 Å². The molecule has 1 heterocycles. The molecule has 21 heavy (non-hydrogen) atoms. The number of rotatable bonds is 6. The van der Waals surface area contributed by atoms with Gasteiger partial charge >= 0.3 is 0 Å². The highest BCUT2D eigenvalue weighted by atomic mass is 79.9. The van der Waals surface area contributed by atoms with Gasteiger partial charge in [0, 0.05) is 10.4 Å². The first kappa shape index (κ1) is 16.6. The van der Waals surface area contributed by atoms with Crippen molar-refractivity contribution in [1.29, 1.82) is 0 Å². The molecule has 1 N–H and O–H groups in total. The van der Waals surface area contributed by atoms with E-state index in [0.717, 1.165) is 37.3 Å². The van der Waals surface area contributed by atoms with E-state index in [0.29, 0.717) is 0 Å². The Labute approximate surface area is 142 Å². The topological polar surface area (TPSA) is 30.5 Å². The average Bonchev–Trinajstić information content (AvgIpc) is 2.91. The minimum Gasteiger partial charge on any atom is -0.496 e. The summed E-state index contributed by atoms with van der Waals surface area (Å²) in [7, 11) is 3.32. The van der Waals surface area contributed by atoms with E-state index in [2.05, 4.69) is 28.2 Å². The summed E-state index contributed by atoms with van der Waals surface area (Å²) in [5, 5.41) is 3.47. The molecule has 0 aliphatic heterocycles. The van der Waals surface area contributed by atoms with Crippen LogP contribution in [0.1, 0.15) is 23.4 Å². The second-order valence-corrected chi connectivity index (χ2v) is 6.96. The summed E-state index contributed by atoms with van der Waals surface area (Å²) < 4.78 is 12.6. The molecule has 0 aliphatic carbocycles. The predicted molar refractivity (Wildman–Crippen MR) is 92.1 cm³/mol. The van der Waals surface area contributed by atoms with Crippen LogP contribution in [-0.2, 0) is 0 Å². The fraction of sp³-hybridized carbons (Fsp3) is 0.333. The number of methoxy groups -OCH3 is 2. The Bertz CT molecular complexity index is 618. The van der Waals surface area contributed by atoms with Crippen LogP contribution in [0, 0.1) is 0 Å². The van der Waals surface area contributed by atoms with E-state index in [1.807, 2.05) is 24.3 Å². The van der Waals surface area contributed by atoms with Crippen molar-refractivity contribution in [3.8, 4) is 11.5 Å². The normalized spacial score (nSPS) is 12.2. The fourth-order valence-electron chi connectivity index (χ4n) is 2.16. The summed E-state index contributed by atoms with van der Waals surface area (Å²) in [5.41, 5.74) is 1.03. The zero-order valence-corrected chi connectivity index (χ0v) is 15.2. The smallest absolute Gasteiger partial charge is 0.133 e. The lowest BCUT2D eigenvalue weighted by Crippen LogP contribution is -2.21. The lowest BCUT2D eigenvalue weighted by molar-refractivity contribution is 0.392. The number of halogens is 2. The number of thiophene rings is 1. The van der Waals surface area contributed by atoms with Gasteiger partial charge < -0.3 is 14.8 Å². The van der Waals surface area contributed by atoms with Crippen molar-refractivity contribution in [2.24, 2.45) is 0 Å². The van der Waals surface area contributed by atoms with Crippen molar-refractivity contribution in [3.05, 3.63) is 43.5 Å². The molecular formula is C15H17BrClNO2S. The molecule has 0 fully saturated rings. The van der Waals surface area contributed by atoms with Crippen LogP contribution in [0.15, 0.2) is 28.7 Å². The first-order valence-electron chi connectivity index (χ1n) is 6.50. The molecule has 0 saturated carbocycles. The first-order chi connectivity index (χ1) is 10.1. The molecule has 2 rings (SSSR count). The molecular weight excluding hydrogens is 374 g/mol. The van der Waals surface area contributed by atoms with Gasteiger partial charge in [0.1, 0.15) is 11.5 Å². The molecule has 0 saturated heterocycles. The van der Waals surface area contributed by atoms with Crippen LogP contribution in [0.4, 0.5) is 0 Å². The van der Waals surface area contributed by atoms with Crippen LogP contribution in [0.25, 0.3) is 0 Å². The maximum Gasteiger partial charge on any atom is 0.133 e. The number of hydrogen-bond acceptors (Lipinski definition) is 4. The second kappa shape index (κ2) is 7.49. The summed E-state index contributed by atoms with van der Waals surface area (Å²) >= 11 is 11.1. The molecule has 1 unspecified atom stereocenters. The lowest BCUT2D eigenvalue weighted by atomic mass is 10.0. The third-order valence-corrected chi connectivity index (χ3v) is 5.02. The van der Waals surface area contributed by atoms with Gasteiger partial charge in [-0.15, -0.1) is 11.3 Å². The molecule has 0 aliphatic rings. The molecule has 3 nitrogen and oxygen atoms in total. The van der Waals surface area contributed by atoms with E-state index in [4.69, 9.17) is 21.1 Å². The molecule has 2 aromatic rings. The van der Waals surface area contributed by atoms with Gasteiger partial charge in [-0.3, -0.25) is 0 Å². The Kier molecular flexibility index (Phi) is 5.93. The largest absolute Gasteiger partial charge is 0.496 e. The number of ether oxygens (including phenoxy) is 2. The van der Waals surface area contributed by atoms with Crippen LogP contribution in [0.3, 0.4) is 0 Å². The molecule has 0 spiro atoms. The number of nitrogens with one attached hydrogen (secondary N) is 1. The molecule has 6 heteroatoms. The molecule has 114 valence electrons. The van der Waals surface area contributed by atoms with Gasteiger partial charge in [-0.2, -0.15) is 0 Å². The Morgan fingerprint density at radius 1 is 1.24 bits per heavy atom. The molecule has 1 aromatic carbocycles. The lowest BCUT2D eigenvalue weighted by Gasteiger charge is -2.21. The van der Waals surface area contributed by atoms with E-state index in [9.17, 15) is 0 Å². The van der Waals surface area contributed by atoms with Gasteiger partial charge in [-0.05, 0) is 46.7 Å². The van der Waals surface area contributed by atoms with Gasteiger partial charge in [0.2, 0.25) is 0 Å². The zero-order chi connectivity index (χ0) is 15.4. The third-order valence-electron chi connectivity index (χ3n) is 3.10. The number of hydrogen-bond donors (Lipinski definition) is 1. The van der Waals surface area contributed by atoms with Crippen molar-refractivity contribution < 1.29 is 9.47 Å². The maximum absolute atomic E-state index is 6.08. The van der Waals surface area contributed by atoms with Crippen LogP contribution < -0.4 is 14.8 Å². The highest BCUT2D eigenvalue weighted by Gasteiger charge is 2.21. The van der Waals surface area contributed by atoms with Gasteiger partial charge in [0.05, 0.1) is 29.1 Å². The van der Waals surface area contributed by atoms with Gasteiger partial charge in [0.15, 0.2) is 0 Å². The SMILES string of the molecule is CCNC(c1ccc(Cl)s1)c1cc(OC)c(Br)cc1OC. The Balaban J connectivity index is 2.53. The summed E-state index contributed by atoms with van der Waals surface area (Å²) in [5.74, 6) is 1.58. The molecule has 1 atom stereocenters. The van der Waals surface area contributed by atoms with Gasteiger partial charge in [-0.1, -0.05) is 18.5 Å². The minimum atomic E-state index is 0.0180. The zero-order valence-electron chi connectivity index (χ0n) is 12.1. The Morgan fingerprint density at radius 3 is 2.48 bits per heavy atom. The van der Waals surface area contributed by atoms with E-state index in [1.165, 1.54) is 0 Å². The molecule has 0 amide bonds. The molecule has 1 aromatic heterocycles. The number of benzene rings is 1. The van der Waals surface area contributed by atoms with Crippen molar-refractivity contribution in [3.63, 3.8) is 0 Å². The highest BCUT2D eigenvalue weighted by Crippen LogP contribution is 2.40. The second-order valence-electron chi connectivity index (χ2n) is 4.36. The fourth-order valence-corrected chi connectivity index (χ4v) is 3.80. The van der Waals surface area contributed by atoms with Gasteiger partial charge in [-0.25, -0.2) is 0 Å². The van der Waals surface area contributed by atoms with Crippen molar-refractivity contribution in [2.75, 3.05) is 20.8 Å². The van der Waals surface area contributed by atoms with Crippen LogP contribution in [-0.4, -0.2) is 20.8 Å². The highest BCUT2D eigenvalue weighted by molar-refractivity contribution is 9.10. The van der Waals surface area contributed by atoms with E-state index in [-0.39, 0.29) is 6.04 Å². The van der Waals surface area contributed by atoms with Crippen LogP contribution >= 0.6 is 38.9 Å². The quantitative estimate of drug-likeness (QED) is 0.762. The van der Waals surface area contributed by atoms with E-state index >= 15 is 0 Å². The third kappa shape index (κ3) is 3.72. The van der Waals surface area contributed by atoms with Crippen molar-refractivity contribution in [2.45, 2.75) is 13.0 Å². The van der Waals surface area contributed by atoms with E-state index < -0.39 is 0 Å². The molecule has 0 radical (unpaired) electrons. The minimum absolute atomic E-state index is 0.0180. The predicted octanol–water partition coefficient (Wildman–Crippen LogP) is 4.88. The standard InChI is InChI=1S/C15H17BrClNO2S/c1-4-18-15(13-5-6-14(17)21-13)9-7-12(20-3)10(16)8-11(9)19-2/h5-8,15,18H,4H2,1-3H3. The van der Waals surface area contributed by atoms with Crippen molar-refractivity contribution in [1.82, 2.24) is 5.32 Å². The summed E-state index contributed by atoms with van der Waals surface area (Å²) in [6, 6.07) is 7.88. The van der Waals surface area contributed by atoms with Gasteiger partial charge in [0.25, 0.3) is 0 Å². The maximum atomic E-state index is 6.08. The first-order valence-corrected chi connectivity index (χ1v) is 8.49. The van der Waals surface area contributed by atoms with Crippen LogP contribution in [0.2, 0.25) is 4.34 Å². The monoisotopic (exact) mass is 389 g/mol. The Hall–Kier alpha value is -0.750. The summed E-state index contributed by atoms with van der Waals surface area (Å²) in [6.45, 7) is 2.91. The van der Waals surface area contributed by atoms with Crippen molar-refractivity contribution >= 4 is 38.9 Å². The average molecular weight is 391 g/mol. The van der Waals surface area contributed by atoms with E-state index in [1.54, 1.807) is 25.6 Å².